The molecule has 0 amide bonds. The van der Waals surface area contributed by atoms with E-state index >= 15 is 0 Å². The van der Waals surface area contributed by atoms with Crippen LogP contribution in [0.2, 0.25) is 0 Å². The summed E-state index contributed by atoms with van der Waals surface area (Å²) in [5, 5.41) is 3.37. The molecule has 0 bridgehead atoms. The number of methoxy groups -OCH3 is 1. The largest absolute Gasteiger partial charge is 0.481 e. The highest BCUT2D eigenvalue weighted by molar-refractivity contribution is 5.58. The standard InChI is InChI=1S/C14H17NO4/c1-16-11-6-14(4-5-15-7-14)19-12-9(11)2-3-10-13(12)18-8-17-10/h2-3,11,15H,4-8H2,1H3. The number of nitrogens with one attached hydrogen (secondary N) is 1. The summed E-state index contributed by atoms with van der Waals surface area (Å²) in [6.07, 6.45) is 1.93. The van der Waals surface area contributed by atoms with E-state index in [0.29, 0.717) is 0 Å². The third-order valence-electron chi connectivity index (χ3n) is 4.24. The number of fused-ring (bicyclic) bond motifs is 3. The number of rotatable bonds is 1. The smallest absolute Gasteiger partial charge is 0.231 e. The molecule has 3 heterocycles. The fourth-order valence-electron chi connectivity index (χ4n) is 3.22. The first-order valence-corrected chi connectivity index (χ1v) is 6.66. The maximum Gasteiger partial charge on any atom is 0.231 e. The Morgan fingerprint density at radius 3 is 3.05 bits per heavy atom. The van der Waals surface area contributed by atoms with Crippen LogP contribution in [0.15, 0.2) is 12.1 Å². The normalized spacial score (nSPS) is 31.3. The van der Waals surface area contributed by atoms with E-state index in [9.17, 15) is 0 Å². The van der Waals surface area contributed by atoms with Crippen LogP contribution in [0.5, 0.6) is 17.2 Å². The van der Waals surface area contributed by atoms with Gasteiger partial charge in [-0.1, -0.05) is 0 Å². The highest BCUT2D eigenvalue weighted by Gasteiger charge is 2.45. The van der Waals surface area contributed by atoms with Gasteiger partial charge < -0.3 is 24.3 Å². The van der Waals surface area contributed by atoms with Crippen LogP contribution < -0.4 is 19.5 Å². The molecule has 5 heteroatoms. The first kappa shape index (κ1) is 11.4. The molecule has 102 valence electrons. The Morgan fingerprint density at radius 1 is 1.32 bits per heavy atom. The molecule has 1 spiro atoms. The minimum atomic E-state index is -0.172. The van der Waals surface area contributed by atoms with Gasteiger partial charge in [-0.3, -0.25) is 0 Å². The van der Waals surface area contributed by atoms with Crippen LogP contribution >= 0.6 is 0 Å². The molecule has 0 aliphatic carbocycles. The molecule has 19 heavy (non-hydrogen) atoms. The predicted molar refractivity (Wildman–Crippen MR) is 67.8 cm³/mol. The van der Waals surface area contributed by atoms with Crippen LogP contribution in [0.1, 0.15) is 24.5 Å². The molecule has 3 aliphatic rings. The lowest BCUT2D eigenvalue weighted by atomic mass is 9.87. The number of ether oxygens (including phenoxy) is 4. The maximum atomic E-state index is 6.31. The molecular formula is C14H17NO4. The van der Waals surface area contributed by atoms with Crippen LogP contribution in [-0.2, 0) is 4.74 Å². The molecule has 0 radical (unpaired) electrons. The Labute approximate surface area is 111 Å². The molecule has 0 aromatic heterocycles. The Hall–Kier alpha value is -1.46. The van der Waals surface area contributed by atoms with Gasteiger partial charge in [0.1, 0.15) is 5.60 Å². The zero-order chi connectivity index (χ0) is 12.9. The fourth-order valence-corrected chi connectivity index (χ4v) is 3.22. The highest BCUT2D eigenvalue weighted by atomic mass is 16.7. The van der Waals surface area contributed by atoms with Crippen molar-refractivity contribution >= 4 is 0 Å². The molecule has 1 N–H and O–H groups in total. The first-order valence-electron chi connectivity index (χ1n) is 6.66. The SMILES string of the molecule is COC1CC2(CCNC2)Oc2c1ccc1c2OCO1. The summed E-state index contributed by atoms with van der Waals surface area (Å²) in [5.74, 6) is 2.29. The summed E-state index contributed by atoms with van der Waals surface area (Å²) in [6, 6.07) is 3.95. The molecule has 0 saturated carbocycles. The van der Waals surface area contributed by atoms with Crippen molar-refractivity contribution in [1.82, 2.24) is 5.32 Å². The van der Waals surface area contributed by atoms with Gasteiger partial charge in [0, 0.05) is 32.1 Å². The second-order valence-electron chi connectivity index (χ2n) is 5.36. The van der Waals surface area contributed by atoms with Gasteiger partial charge in [-0.25, -0.2) is 0 Å². The topological polar surface area (TPSA) is 49.0 Å². The van der Waals surface area contributed by atoms with Gasteiger partial charge in [0.15, 0.2) is 11.5 Å². The third-order valence-corrected chi connectivity index (χ3v) is 4.24. The van der Waals surface area contributed by atoms with E-state index in [-0.39, 0.29) is 18.5 Å². The van der Waals surface area contributed by atoms with Crippen molar-refractivity contribution in [3.63, 3.8) is 0 Å². The average molecular weight is 263 g/mol. The van der Waals surface area contributed by atoms with Crippen LogP contribution in [0.4, 0.5) is 0 Å². The Bertz CT molecular complexity index is 510. The van der Waals surface area contributed by atoms with Gasteiger partial charge in [-0.05, 0) is 18.7 Å². The third kappa shape index (κ3) is 1.61. The summed E-state index contributed by atoms with van der Waals surface area (Å²) in [5.41, 5.74) is 0.888. The van der Waals surface area contributed by atoms with Gasteiger partial charge in [-0.2, -0.15) is 0 Å². The lowest BCUT2D eigenvalue weighted by molar-refractivity contribution is -0.0220. The molecule has 3 aliphatic heterocycles. The Kier molecular flexibility index (Phi) is 2.40. The Morgan fingerprint density at radius 2 is 2.26 bits per heavy atom. The van der Waals surface area contributed by atoms with E-state index < -0.39 is 0 Å². The quantitative estimate of drug-likeness (QED) is 0.834. The van der Waals surface area contributed by atoms with Crippen molar-refractivity contribution in [3.8, 4) is 17.2 Å². The van der Waals surface area contributed by atoms with Gasteiger partial charge in [0.25, 0.3) is 0 Å². The highest BCUT2D eigenvalue weighted by Crippen LogP contribution is 2.52. The van der Waals surface area contributed by atoms with Crippen molar-refractivity contribution in [2.24, 2.45) is 0 Å². The van der Waals surface area contributed by atoms with E-state index in [0.717, 1.165) is 48.7 Å². The molecule has 2 unspecified atom stereocenters. The summed E-state index contributed by atoms with van der Waals surface area (Å²) in [7, 11) is 1.75. The van der Waals surface area contributed by atoms with E-state index in [2.05, 4.69) is 5.32 Å². The van der Waals surface area contributed by atoms with Crippen LogP contribution in [-0.4, -0.2) is 32.6 Å². The van der Waals surface area contributed by atoms with Crippen molar-refractivity contribution < 1.29 is 18.9 Å². The molecule has 2 atom stereocenters. The van der Waals surface area contributed by atoms with E-state index in [1.165, 1.54) is 0 Å². The predicted octanol–water partition coefficient (Wildman–Crippen LogP) is 1.62. The van der Waals surface area contributed by atoms with Crippen LogP contribution in [0.3, 0.4) is 0 Å². The number of hydrogen-bond acceptors (Lipinski definition) is 5. The van der Waals surface area contributed by atoms with Gasteiger partial charge in [-0.15, -0.1) is 0 Å². The second kappa shape index (κ2) is 4.02. The zero-order valence-electron chi connectivity index (χ0n) is 10.9. The second-order valence-corrected chi connectivity index (χ2v) is 5.36. The molecular weight excluding hydrogens is 246 g/mol. The average Bonchev–Trinajstić information content (AvgIpc) is 3.07. The summed E-state index contributed by atoms with van der Waals surface area (Å²) < 4.78 is 23.0. The van der Waals surface area contributed by atoms with Crippen LogP contribution in [0.25, 0.3) is 0 Å². The monoisotopic (exact) mass is 263 g/mol. The van der Waals surface area contributed by atoms with E-state index in [4.69, 9.17) is 18.9 Å². The Balaban J connectivity index is 1.82. The van der Waals surface area contributed by atoms with Gasteiger partial charge in [0.2, 0.25) is 12.5 Å². The lowest BCUT2D eigenvalue weighted by Crippen LogP contribution is -2.43. The van der Waals surface area contributed by atoms with Crippen molar-refractivity contribution in [2.75, 3.05) is 27.0 Å². The summed E-state index contributed by atoms with van der Waals surface area (Å²) in [6.45, 7) is 2.10. The van der Waals surface area contributed by atoms with Crippen molar-refractivity contribution in [1.29, 1.82) is 0 Å². The van der Waals surface area contributed by atoms with E-state index in [1.54, 1.807) is 7.11 Å². The van der Waals surface area contributed by atoms with Crippen LogP contribution in [0, 0.1) is 0 Å². The first-order chi connectivity index (χ1) is 9.31. The lowest BCUT2D eigenvalue weighted by Gasteiger charge is -2.39. The summed E-state index contributed by atoms with van der Waals surface area (Å²) >= 11 is 0. The zero-order valence-corrected chi connectivity index (χ0v) is 10.9. The maximum absolute atomic E-state index is 6.31. The molecule has 1 fully saturated rings. The molecule has 4 rings (SSSR count). The van der Waals surface area contributed by atoms with Gasteiger partial charge in [0.05, 0.1) is 6.10 Å². The molecule has 1 saturated heterocycles. The minimum absolute atomic E-state index is 0.0538. The van der Waals surface area contributed by atoms with Gasteiger partial charge >= 0.3 is 0 Å². The number of benzene rings is 1. The van der Waals surface area contributed by atoms with E-state index in [1.807, 2.05) is 12.1 Å². The van der Waals surface area contributed by atoms with Crippen molar-refractivity contribution in [2.45, 2.75) is 24.5 Å². The number of hydrogen-bond donors (Lipinski definition) is 1. The fraction of sp³-hybridized carbons (Fsp3) is 0.571. The molecule has 5 nitrogen and oxygen atoms in total. The van der Waals surface area contributed by atoms with Crippen molar-refractivity contribution in [3.05, 3.63) is 17.7 Å². The summed E-state index contributed by atoms with van der Waals surface area (Å²) in [4.78, 5) is 0. The molecule has 1 aromatic carbocycles. The minimum Gasteiger partial charge on any atom is -0.481 e. The molecule has 1 aromatic rings.